The van der Waals surface area contributed by atoms with Crippen molar-refractivity contribution in [3.05, 3.63) is 101 Å². The molecule has 256 valence electrons. The van der Waals surface area contributed by atoms with Crippen molar-refractivity contribution < 1.29 is 47.2 Å². The van der Waals surface area contributed by atoms with E-state index in [1.54, 1.807) is 24.3 Å². The highest BCUT2D eigenvalue weighted by molar-refractivity contribution is 6.32. The van der Waals surface area contributed by atoms with Gasteiger partial charge in [-0.3, -0.25) is 9.59 Å². The number of carboxylic acid groups (broad SMARTS) is 1. The molecule has 0 aliphatic heterocycles. The number of aromatic nitrogens is 1. The monoisotopic (exact) mass is 690 g/mol. The number of halogens is 5. The molecule has 2 atom stereocenters. The van der Waals surface area contributed by atoms with Crippen LogP contribution in [0.2, 0.25) is 5.02 Å². The molecule has 4 rings (SSSR count). The molecule has 0 spiro atoms. The first-order valence-electron chi connectivity index (χ1n) is 15.1. The lowest BCUT2D eigenvalue weighted by Gasteiger charge is -2.20. The Hall–Kier alpha value is -4.39. The molecule has 4 N–H and O–H groups in total. The molecule has 3 aromatic carbocycles. The number of ether oxygens (including phenoxy) is 1. The molecule has 1 amide bonds. The maximum absolute atomic E-state index is 14.2. The number of aliphatic hydroxyl groups excluding tert-OH is 2. The Kier molecular flexibility index (Phi) is 11.9. The van der Waals surface area contributed by atoms with E-state index in [0.717, 1.165) is 6.07 Å². The molecule has 13 heteroatoms. The quantitative estimate of drug-likeness (QED) is 0.102. The smallest absolute Gasteiger partial charge is 0.481 e. The third kappa shape index (κ3) is 9.36. The molecule has 0 aliphatic rings. The number of aliphatic carboxylic acids is 1. The third-order valence-electron chi connectivity index (χ3n) is 7.58. The fraction of sp³-hybridized carbons (Fsp3) is 0.314. The van der Waals surface area contributed by atoms with Gasteiger partial charge >= 0.3 is 12.3 Å². The van der Waals surface area contributed by atoms with Gasteiger partial charge in [0.1, 0.15) is 17.3 Å². The predicted octanol–water partition coefficient (Wildman–Crippen LogP) is 7.54. The number of alkyl halides is 3. The Morgan fingerprint density at radius 3 is 2.17 bits per heavy atom. The molecule has 0 unspecified atom stereocenters. The minimum atomic E-state index is -4.93. The van der Waals surface area contributed by atoms with Crippen molar-refractivity contribution >= 4 is 23.5 Å². The van der Waals surface area contributed by atoms with Gasteiger partial charge in [0, 0.05) is 29.4 Å². The van der Waals surface area contributed by atoms with Crippen molar-refractivity contribution in [3.8, 4) is 28.0 Å². The summed E-state index contributed by atoms with van der Waals surface area (Å²) in [5, 5.41) is 32.4. The van der Waals surface area contributed by atoms with E-state index in [4.69, 9.17) is 16.7 Å². The highest BCUT2D eigenvalue weighted by atomic mass is 35.5. The Morgan fingerprint density at radius 2 is 1.58 bits per heavy atom. The Bertz CT molecular complexity index is 1730. The summed E-state index contributed by atoms with van der Waals surface area (Å²) in [5.41, 5.74) is 3.75. The number of nitrogens with zero attached hydrogens (tertiary/aromatic N) is 1. The first-order valence-corrected chi connectivity index (χ1v) is 15.5. The lowest BCUT2D eigenvalue weighted by atomic mass is 9.92. The number of amides is 1. The van der Waals surface area contributed by atoms with Crippen LogP contribution in [0.4, 0.5) is 17.6 Å². The zero-order valence-electron chi connectivity index (χ0n) is 26.1. The molecule has 0 aliphatic carbocycles. The molecular weight excluding hydrogens is 656 g/mol. The number of rotatable bonds is 14. The normalized spacial score (nSPS) is 13.0. The second-order valence-corrected chi connectivity index (χ2v) is 12.0. The predicted molar refractivity (Wildman–Crippen MR) is 172 cm³/mol. The maximum Gasteiger partial charge on any atom is 0.573 e. The largest absolute Gasteiger partial charge is 0.573 e. The molecule has 0 saturated carbocycles. The summed E-state index contributed by atoms with van der Waals surface area (Å²) < 4.78 is 58.0. The van der Waals surface area contributed by atoms with Crippen molar-refractivity contribution in [1.82, 2.24) is 9.88 Å². The van der Waals surface area contributed by atoms with Crippen molar-refractivity contribution in [2.45, 2.75) is 70.7 Å². The van der Waals surface area contributed by atoms with Crippen LogP contribution in [0.5, 0.6) is 5.75 Å². The topological polar surface area (TPSA) is 121 Å². The standard InChI is InChI=1S/C35H35ClF4N2O6/c1-20(2)42-28(14-13-25(43)17-26(44)18-30(45)46)31(23-9-11-24(37)12-10-23)32(22-6-4-3-5-7-22)33(42)34(47)41-19-21-8-15-29(27(36)16-21)48-35(38,39)40/h3-12,15-16,20,25-26,43-44H,13-14,17-19H2,1-2H3,(H,41,47)(H,45,46)/t25-,26-/m1/s1. The van der Waals surface area contributed by atoms with Crippen molar-refractivity contribution in [2.24, 2.45) is 0 Å². The van der Waals surface area contributed by atoms with Crippen LogP contribution < -0.4 is 10.1 Å². The van der Waals surface area contributed by atoms with Crippen LogP contribution in [-0.4, -0.2) is 50.3 Å². The van der Waals surface area contributed by atoms with Crippen molar-refractivity contribution in [2.75, 3.05) is 0 Å². The molecule has 0 bridgehead atoms. The van der Waals surface area contributed by atoms with E-state index in [1.165, 1.54) is 24.3 Å². The first kappa shape index (κ1) is 36.4. The van der Waals surface area contributed by atoms with E-state index in [0.29, 0.717) is 33.5 Å². The minimum Gasteiger partial charge on any atom is -0.481 e. The number of carboxylic acids is 1. The summed E-state index contributed by atoms with van der Waals surface area (Å²) in [6.07, 6.45) is -7.63. The molecule has 0 saturated heterocycles. The van der Waals surface area contributed by atoms with Gasteiger partial charge in [0.2, 0.25) is 0 Å². The summed E-state index contributed by atoms with van der Waals surface area (Å²) in [6.45, 7) is 3.65. The number of hydrogen-bond donors (Lipinski definition) is 4. The average Bonchev–Trinajstić information content (AvgIpc) is 3.35. The van der Waals surface area contributed by atoms with Crippen LogP contribution in [0.1, 0.15) is 60.9 Å². The number of carbonyl (C=O) groups excluding carboxylic acids is 1. The molecule has 8 nitrogen and oxygen atoms in total. The number of carbonyl (C=O) groups is 2. The van der Waals surface area contributed by atoms with E-state index in [1.807, 2.05) is 36.6 Å². The number of nitrogens with one attached hydrogen (secondary N) is 1. The van der Waals surface area contributed by atoms with Crippen LogP contribution in [0, 0.1) is 5.82 Å². The van der Waals surface area contributed by atoms with Crippen molar-refractivity contribution in [3.63, 3.8) is 0 Å². The maximum atomic E-state index is 14.2. The first-order chi connectivity index (χ1) is 22.6. The van der Waals surface area contributed by atoms with E-state index in [9.17, 15) is 37.4 Å². The molecule has 48 heavy (non-hydrogen) atoms. The molecule has 4 aromatic rings. The van der Waals surface area contributed by atoms with Gasteiger partial charge in [0.05, 0.1) is 23.7 Å². The Labute approximate surface area is 279 Å². The van der Waals surface area contributed by atoms with E-state index in [-0.39, 0.29) is 42.6 Å². The van der Waals surface area contributed by atoms with E-state index >= 15 is 0 Å². The minimum absolute atomic E-state index is 0.0935. The zero-order chi connectivity index (χ0) is 35.2. The Morgan fingerprint density at radius 1 is 0.938 bits per heavy atom. The summed E-state index contributed by atoms with van der Waals surface area (Å²) >= 11 is 6.03. The van der Waals surface area contributed by atoms with Crippen LogP contribution in [0.25, 0.3) is 22.3 Å². The summed E-state index contributed by atoms with van der Waals surface area (Å²) in [5.74, 6) is -2.75. The SMILES string of the molecule is CC(C)n1c(CC[C@@H](O)C[C@@H](O)CC(=O)O)c(-c2ccc(F)cc2)c(-c2ccccc2)c1C(=O)NCc1ccc(OC(F)(F)F)c(Cl)c1. The van der Waals surface area contributed by atoms with Crippen molar-refractivity contribution in [1.29, 1.82) is 0 Å². The number of hydrogen-bond acceptors (Lipinski definition) is 5. The summed E-state index contributed by atoms with van der Waals surface area (Å²) in [6, 6.07) is 18.2. The van der Waals surface area contributed by atoms with E-state index < -0.39 is 48.4 Å². The van der Waals surface area contributed by atoms with Gasteiger partial charge in [-0.25, -0.2) is 4.39 Å². The van der Waals surface area contributed by atoms with Gasteiger partial charge in [-0.05, 0) is 74.1 Å². The fourth-order valence-electron chi connectivity index (χ4n) is 5.64. The Balaban J connectivity index is 1.80. The second-order valence-electron chi connectivity index (χ2n) is 11.6. The lowest BCUT2D eigenvalue weighted by Crippen LogP contribution is -2.27. The van der Waals surface area contributed by atoms with Gasteiger partial charge in [0.25, 0.3) is 5.91 Å². The van der Waals surface area contributed by atoms with Gasteiger partial charge in [-0.2, -0.15) is 0 Å². The van der Waals surface area contributed by atoms with Gasteiger partial charge in [-0.15, -0.1) is 13.2 Å². The molecular formula is C35H35ClF4N2O6. The molecule has 0 fully saturated rings. The zero-order valence-corrected chi connectivity index (χ0v) is 26.9. The summed E-state index contributed by atoms with van der Waals surface area (Å²) in [7, 11) is 0. The average molecular weight is 691 g/mol. The van der Waals surface area contributed by atoms with Crippen LogP contribution in [0.3, 0.4) is 0 Å². The van der Waals surface area contributed by atoms with Crippen LogP contribution >= 0.6 is 11.6 Å². The van der Waals surface area contributed by atoms with Gasteiger partial charge in [0.15, 0.2) is 0 Å². The van der Waals surface area contributed by atoms with Crippen LogP contribution in [-0.2, 0) is 17.8 Å². The third-order valence-corrected chi connectivity index (χ3v) is 7.87. The summed E-state index contributed by atoms with van der Waals surface area (Å²) in [4.78, 5) is 25.2. The van der Waals surface area contributed by atoms with Gasteiger partial charge in [-0.1, -0.05) is 60.1 Å². The highest BCUT2D eigenvalue weighted by Crippen LogP contribution is 2.42. The number of benzene rings is 3. The lowest BCUT2D eigenvalue weighted by molar-refractivity contribution is -0.274. The highest BCUT2D eigenvalue weighted by Gasteiger charge is 2.33. The number of aliphatic hydroxyl groups is 2. The van der Waals surface area contributed by atoms with Gasteiger partial charge < -0.3 is 29.9 Å². The van der Waals surface area contributed by atoms with Crippen LogP contribution in [0.15, 0.2) is 72.8 Å². The molecule has 1 heterocycles. The molecule has 0 radical (unpaired) electrons. The second kappa shape index (κ2) is 15.7. The fourth-order valence-corrected chi connectivity index (χ4v) is 5.88. The molecule has 1 aromatic heterocycles. The van der Waals surface area contributed by atoms with E-state index in [2.05, 4.69) is 10.1 Å².